The Morgan fingerprint density at radius 1 is 1.19 bits per heavy atom. The van der Waals surface area contributed by atoms with E-state index in [9.17, 15) is 30.0 Å². The predicted molar refractivity (Wildman–Crippen MR) is 86.5 cm³/mol. The van der Waals surface area contributed by atoms with Gasteiger partial charge in [0.25, 0.3) is 0 Å². The molecule has 3 fully saturated rings. The second-order valence-electron chi connectivity index (χ2n) is 8.32. The summed E-state index contributed by atoms with van der Waals surface area (Å²) in [7, 11) is 0. The molecule has 4 unspecified atom stereocenters. The third-order valence-electron chi connectivity index (χ3n) is 6.97. The zero-order valence-corrected chi connectivity index (χ0v) is 14.2. The van der Waals surface area contributed by atoms with Crippen molar-refractivity contribution in [1.29, 1.82) is 0 Å². The number of phenols is 1. The Morgan fingerprint density at radius 2 is 1.92 bits per heavy atom. The maximum atomic E-state index is 13.4. The van der Waals surface area contributed by atoms with Gasteiger partial charge in [-0.1, -0.05) is 19.1 Å². The van der Waals surface area contributed by atoms with Gasteiger partial charge in [0.2, 0.25) is 11.4 Å². The molecule has 1 heterocycles. The summed E-state index contributed by atoms with van der Waals surface area (Å²) in [6.45, 7) is 1.81. The van der Waals surface area contributed by atoms with E-state index in [1.165, 1.54) is 18.2 Å². The van der Waals surface area contributed by atoms with E-state index >= 15 is 0 Å². The second kappa shape index (κ2) is 4.36. The van der Waals surface area contributed by atoms with Gasteiger partial charge in [-0.25, -0.2) is 0 Å². The number of rotatable bonds is 0. The SMILES string of the molecule is C[C@H]1CC(=O)C2(O)C(O)(CCC34OC32C(=O)c2cccc(O)c2[C@H]4O)C1. The molecular formula is C19H20O7. The van der Waals surface area contributed by atoms with E-state index in [1.807, 2.05) is 6.92 Å². The van der Waals surface area contributed by atoms with Crippen LogP contribution in [0.4, 0.5) is 0 Å². The van der Waals surface area contributed by atoms with Gasteiger partial charge in [-0.05, 0) is 31.2 Å². The minimum absolute atomic E-state index is 0.00900. The Morgan fingerprint density at radius 3 is 2.65 bits per heavy atom. The van der Waals surface area contributed by atoms with Crippen LogP contribution in [-0.2, 0) is 9.53 Å². The van der Waals surface area contributed by atoms with Crippen LogP contribution in [0.25, 0.3) is 0 Å². The molecule has 5 rings (SSSR count). The fourth-order valence-electron chi connectivity index (χ4n) is 5.82. The molecule has 1 saturated heterocycles. The molecule has 138 valence electrons. The van der Waals surface area contributed by atoms with Crippen molar-refractivity contribution in [1.82, 2.24) is 0 Å². The summed E-state index contributed by atoms with van der Waals surface area (Å²) >= 11 is 0. The van der Waals surface area contributed by atoms with Gasteiger partial charge < -0.3 is 25.2 Å². The first kappa shape index (κ1) is 16.4. The van der Waals surface area contributed by atoms with Crippen molar-refractivity contribution < 1.29 is 34.8 Å². The van der Waals surface area contributed by atoms with E-state index < -0.39 is 40.1 Å². The number of benzene rings is 1. The third kappa shape index (κ3) is 1.37. The molecule has 0 amide bonds. The summed E-state index contributed by atoms with van der Waals surface area (Å²) < 4.78 is 5.78. The van der Waals surface area contributed by atoms with Crippen LogP contribution in [0.2, 0.25) is 0 Å². The van der Waals surface area contributed by atoms with Crippen LogP contribution in [0.15, 0.2) is 18.2 Å². The molecule has 4 aliphatic rings. The van der Waals surface area contributed by atoms with Crippen LogP contribution in [-0.4, -0.2) is 54.4 Å². The quantitative estimate of drug-likeness (QED) is 0.493. The van der Waals surface area contributed by atoms with Gasteiger partial charge in [-0.3, -0.25) is 9.59 Å². The largest absolute Gasteiger partial charge is 0.508 e. The van der Waals surface area contributed by atoms with Gasteiger partial charge in [-0.2, -0.15) is 0 Å². The van der Waals surface area contributed by atoms with Gasteiger partial charge in [0.05, 0.1) is 0 Å². The number of aliphatic hydroxyl groups is 3. The molecule has 3 aliphatic carbocycles. The molecule has 4 N–H and O–H groups in total. The molecule has 0 aromatic heterocycles. The number of epoxide rings is 1. The van der Waals surface area contributed by atoms with Gasteiger partial charge in [0, 0.05) is 17.5 Å². The maximum Gasteiger partial charge on any atom is 0.202 e. The topological polar surface area (TPSA) is 128 Å². The average molecular weight is 360 g/mol. The number of phenolic OH excluding ortho intramolecular Hbond substituents is 1. The Kier molecular flexibility index (Phi) is 2.75. The zero-order valence-electron chi connectivity index (χ0n) is 14.2. The monoisotopic (exact) mass is 360 g/mol. The Hall–Kier alpha value is -1.80. The number of Topliss-reactive ketones (excluding diaryl/α,β-unsaturated/α-hetero) is 2. The lowest BCUT2D eigenvalue weighted by atomic mass is 9.50. The Bertz CT molecular complexity index is 881. The number of fused-ring (bicyclic) bond motifs is 2. The summed E-state index contributed by atoms with van der Waals surface area (Å²) in [6.07, 6.45) is -1.05. The molecule has 1 aromatic rings. The smallest absolute Gasteiger partial charge is 0.202 e. The zero-order chi connectivity index (χ0) is 18.7. The Balaban J connectivity index is 1.78. The van der Waals surface area contributed by atoms with Crippen molar-refractivity contribution >= 4 is 11.6 Å². The Labute approximate surface area is 149 Å². The number of ether oxygens (including phenoxy) is 1. The normalized spacial score (nSPS) is 48.9. The van der Waals surface area contributed by atoms with Gasteiger partial charge >= 0.3 is 0 Å². The molecule has 0 spiro atoms. The highest BCUT2D eigenvalue weighted by Crippen LogP contribution is 2.73. The summed E-state index contributed by atoms with van der Waals surface area (Å²) in [5.74, 6) is -1.67. The summed E-state index contributed by atoms with van der Waals surface area (Å²) in [4.78, 5) is 26.3. The highest BCUT2D eigenvalue weighted by Gasteiger charge is 2.93. The molecule has 2 saturated carbocycles. The number of aromatic hydroxyl groups is 1. The van der Waals surface area contributed by atoms with Crippen LogP contribution in [0.3, 0.4) is 0 Å². The molecule has 0 radical (unpaired) electrons. The number of carbonyl (C=O) groups is 2. The van der Waals surface area contributed by atoms with E-state index in [2.05, 4.69) is 0 Å². The van der Waals surface area contributed by atoms with Crippen molar-refractivity contribution in [2.45, 2.75) is 61.1 Å². The van der Waals surface area contributed by atoms with E-state index in [1.54, 1.807) is 0 Å². The van der Waals surface area contributed by atoms with E-state index in [4.69, 9.17) is 4.74 Å². The summed E-state index contributed by atoms with van der Waals surface area (Å²) in [6, 6.07) is 4.24. The van der Waals surface area contributed by atoms with E-state index in [-0.39, 0.29) is 48.5 Å². The molecule has 6 atom stereocenters. The van der Waals surface area contributed by atoms with Crippen LogP contribution in [0.1, 0.15) is 54.6 Å². The van der Waals surface area contributed by atoms with Crippen molar-refractivity contribution in [2.24, 2.45) is 5.92 Å². The molecule has 1 aromatic carbocycles. The van der Waals surface area contributed by atoms with Crippen molar-refractivity contribution in [3.63, 3.8) is 0 Å². The predicted octanol–water partition coefficient (Wildman–Crippen LogP) is 0.385. The maximum absolute atomic E-state index is 13.4. The van der Waals surface area contributed by atoms with Crippen molar-refractivity contribution in [3.8, 4) is 5.75 Å². The van der Waals surface area contributed by atoms with Crippen LogP contribution in [0, 0.1) is 5.92 Å². The number of aliphatic hydroxyl groups excluding tert-OH is 1. The molecule has 7 nitrogen and oxygen atoms in total. The molecule has 0 bridgehead atoms. The molecule has 1 aliphatic heterocycles. The number of ketones is 2. The second-order valence-corrected chi connectivity index (χ2v) is 8.32. The van der Waals surface area contributed by atoms with Crippen LogP contribution < -0.4 is 0 Å². The minimum Gasteiger partial charge on any atom is -0.508 e. The minimum atomic E-state index is -2.41. The highest BCUT2D eigenvalue weighted by atomic mass is 16.7. The highest BCUT2D eigenvalue weighted by molar-refractivity contribution is 6.14. The van der Waals surface area contributed by atoms with E-state index in [0.717, 1.165) is 0 Å². The van der Waals surface area contributed by atoms with Crippen LogP contribution >= 0.6 is 0 Å². The fraction of sp³-hybridized carbons (Fsp3) is 0.579. The van der Waals surface area contributed by atoms with Crippen molar-refractivity contribution in [3.05, 3.63) is 29.3 Å². The van der Waals surface area contributed by atoms with Crippen LogP contribution in [0.5, 0.6) is 5.75 Å². The lowest BCUT2D eigenvalue weighted by Crippen LogP contribution is -2.77. The average Bonchev–Trinajstić information content (AvgIpc) is 3.29. The van der Waals surface area contributed by atoms with Gasteiger partial charge in [0.1, 0.15) is 23.1 Å². The molecule has 26 heavy (non-hydrogen) atoms. The lowest BCUT2D eigenvalue weighted by Gasteiger charge is -2.54. The molecular weight excluding hydrogens is 340 g/mol. The number of hydrogen-bond acceptors (Lipinski definition) is 7. The summed E-state index contributed by atoms with van der Waals surface area (Å²) in [5, 5.41) is 43.8. The number of carbonyl (C=O) groups excluding carboxylic acids is 2. The number of hydrogen-bond donors (Lipinski definition) is 4. The first-order chi connectivity index (χ1) is 12.1. The fourth-order valence-corrected chi connectivity index (χ4v) is 5.82. The first-order valence-electron chi connectivity index (χ1n) is 8.87. The van der Waals surface area contributed by atoms with Gasteiger partial charge in [0.15, 0.2) is 11.4 Å². The summed E-state index contributed by atoms with van der Waals surface area (Å²) in [5.41, 5.74) is -7.65. The lowest BCUT2D eigenvalue weighted by molar-refractivity contribution is -0.214. The third-order valence-corrected chi connectivity index (χ3v) is 6.97. The molecule has 7 heteroatoms. The van der Waals surface area contributed by atoms with Gasteiger partial charge in [-0.15, -0.1) is 0 Å². The van der Waals surface area contributed by atoms with Crippen molar-refractivity contribution in [2.75, 3.05) is 0 Å². The van der Waals surface area contributed by atoms with E-state index in [0.29, 0.717) is 0 Å². The first-order valence-corrected chi connectivity index (χ1v) is 8.87. The standard InChI is InChI=1S/C19H20O7/c1-9-7-12(21)18(25)16(24,8-9)5-6-17-15(23)13-10(3-2-4-11(13)20)14(22)19(17,18)26-17/h2-4,9,15,20,23-25H,5-8H2,1H3/t9-,15+,16?,17?,18?,19?/m0/s1.